The first kappa shape index (κ1) is 15.9. The van der Waals surface area contributed by atoms with Gasteiger partial charge in [0.15, 0.2) is 5.69 Å². The molecule has 0 fully saturated rings. The van der Waals surface area contributed by atoms with Crippen LogP contribution in [0, 0.1) is 0 Å². The van der Waals surface area contributed by atoms with Crippen LogP contribution in [0.25, 0.3) is 10.9 Å². The third-order valence-electron chi connectivity index (χ3n) is 3.94. The zero-order chi connectivity index (χ0) is 17.1. The summed E-state index contributed by atoms with van der Waals surface area (Å²) in [6.45, 7) is 1.90. The number of fused-ring (bicyclic) bond motifs is 1. The second-order valence-electron chi connectivity index (χ2n) is 5.42. The van der Waals surface area contributed by atoms with Crippen molar-refractivity contribution in [3.63, 3.8) is 0 Å². The van der Waals surface area contributed by atoms with Gasteiger partial charge in [0.05, 0.1) is 25.8 Å². The number of para-hydroxylation sites is 1. The van der Waals surface area contributed by atoms with Gasteiger partial charge in [0.1, 0.15) is 11.5 Å². The number of hydrogen-bond donors (Lipinski definition) is 2. The van der Waals surface area contributed by atoms with Gasteiger partial charge in [-0.2, -0.15) is 5.10 Å². The van der Waals surface area contributed by atoms with E-state index in [0.29, 0.717) is 17.2 Å². The lowest BCUT2D eigenvalue weighted by atomic mass is 10.1. The summed E-state index contributed by atoms with van der Waals surface area (Å²) >= 11 is 0. The minimum absolute atomic E-state index is 0.238. The molecule has 1 unspecified atom stereocenters. The molecule has 0 spiro atoms. The highest BCUT2D eigenvalue weighted by atomic mass is 16.5. The van der Waals surface area contributed by atoms with Crippen molar-refractivity contribution >= 4 is 16.8 Å². The second-order valence-corrected chi connectivity index (χ2v) is 5.42. The molecule has 0 aliphatic rings. The van der Waals surface area contributed by atoms with Crippen LogP contribution in [-0.2, 0) is 0 Å². The summed E-state index contributed by atoms with van der Waals surface area (Å²) in [5, 5.41) is 10.7. The van der Waals surface area contributed by atoms with E-state index >= 15 is 0 Å². The highest BCUT2D eigenvalue weighted by Crippen LogP contribution is 2.29. The SMILES string of the molecule is COc1ccc(C(C)NC(=O)c2n[nH]c3ccccc23)c(OC)c1. The number of amides is 1. The Hall–Kier alpha value is -3.02. The molecule has 3 aromatic rings. The number of carbonyl (C=O) groups is 1. The number of aromatic nitrogens is 2. The summed E-state index contributed by atoms with van der Waals surface area (Å²) in [7, 11) is 3.19. The normalized spacial score (nSPS) is 12.0. The predicted octanol–water partition coefficient (Wildman–Crippen LogP) is 3.07. The van der Waals surface area contributed by atoms with Gasteiger partial charge in [-0.05, 0) is 25.1 Å². The molecular weight excluding hydrogens is 306 g/mol. The molecule has 0 saturated heterocycles. The lowest BCUT2D eigenvalue weighted by Gasteiger charge is -2.17. The summed E-state index contributed by atoms with van der Waals surface area (Å²) in [5.41, 5.74) is 2.08. The summed E-state index contributed by atoms with van der Waals surface area (Å²) in [6, 6.07) is 12.8. The first-order valence-electron chi connectivity index (χ1n) is 7.60. The Morgan fingerprint density at radius 2 is 1.96 bits per heavy atom. The molecule has 124 valence electrons. The van der Waals surface area contributed by atoms with Crippen molar-refractivity contribution in [1.82, 2.24) is 15.5 Å². The monoisotopic (exact) mass is 325 g/mol. The van der Waals surface area contributed by atoms with Crippen LogP contribution in [0.2, 0.25) is 0 Å². The molecule has 0 bridgehead atoms. The number of nitrogens with one attached hydrogen (secondary N) is 2. The molecule has 6 nitrogen and oxygen atoms in total. The van der Waals surface area contributed by atoms with E-state index in [1.165, 1.54) is 0 Å². The molecule has 1 atom stereocenters. The molecule has 2 aromatic carbocycles. The van der Waals surface area contributed by atoms with E-state index in [4.69, 9.17) is 9.47 Å². The zero-order valence-electron chi connectivity index (χ0n) is 13.8. The average Bonchev–Trinajstić information content (AvgIpc) is 3.05. The molecule has 3 rings (SSSR count). The molecule has 0 radical (unpaired) electrons. The number of benzene rings is 2. The van der Waals surface area contributed by atoms with Crippen LogP contribution in [0.3, 0.4) is 0 Å². The number of hydrogen-bond acceptors (Lipinski definition) is 4. The predicted molar refractivity (Wildman–Crippen MR) is 91.5 cm³/mol. The van der Waals surface area contributed by atoms with E-state index in [1.54, 1.807) is 20.3 Å². The van der Waals surface area contributed by atoms with Gasteiger partial charge >= 0.3 is 0 Å². The fourth-order valence-electron chi connectivity index (χ4n) is 2.66. The molecule has 6 heteroatoms. The van der Waals surface area contributed by atoms with Gasteiger partial charge in [0.25, 0.3) is 5.91 Å². The van der Waals surface area contributed by atoms with Gasteiger partial charge in [-0.3, -0.25) is 9.89 Å². The fourth-order valence-corrected chi connectivity index (χ4v) is 2.66. The molecule has 1 aromatic heterocycles. The summed E-state index contributed by atoms with van der Waals surface area (Å²) in [5.74, 6) is 1.12. The Morgan fingerprint density at radius 3 is 2.71 bits per heavy atom. The first-order valence-corrected chi connectivity index (χ1v) is 7.60. The summed E-state index contributed by atoms with van der Waals surface area (Å²) in [6.07, 6.45) is 0. The number of aromatic amines is 1. The topological polar surface area (TPSA) is 76.2 Å². The van der Waals surface area contributed by atoms with E-state index < -0.39 is 0 Å². The zero-order valence-corrected chi connectivity index (χ0v) is 13.8. The van der Waals surface area contributed by atoms with Gasteiger partial charge in [-0.15, -0.1) is 0 Å². The van der Waals surface area contributed by atoms with Crippen molar-refractivity contribution in [1.29, 1.82) is 0 Å². The fraction of sp³-hybridized carbons (Fsp3) is 0.222. The van der Waals surface area contributed by atoms with Crippen molar-refractivity contribution in [3.8, 4) is 11.5 Å². The van der Waals surface area contributed by atoms with Gasteiger partial charge in [0, 0.05) is 17.0 Å². The molecule has 1 heterocycles. The number of ether oxygens (including phenoxy) is 2. The van der Waals surface area contributed by atoms with E-state index in [9.17, 15) is 4.79 Å². The van der Waals surface area contributed by atoms with Gasteiger partial charge in [-0.1, -0.05) is 18.2 Å². The number of rotatable bonds is 5. The number of carbonyl (C=O) groups excluding carboxylic acids is 1. The Balaban J connectivity index is 1.84. The van der Waals surface area contributed by atoms with Crippen molar-refractivity contribution in [2.24, 2.45) is 0 Å². The second kappa shape index (κ2) is 6.62. The molecule has 0 aliphatic carbocycles. The molecule has 1 amide bonds. The van der Waals surface area contributed by atoms with Gasteiger partial charge < -0.3 is 14.8 Å². The third-order valence-corrected chi connectivity index (χ3v) is 3.94. The standard InChI is InChI=1S/C18H19N3O3/c1-11(13-9-8-12(23-2)10-16(13)24-3)19-18(22)17-14-6-4-5-7-15(14)20-21-17/h4-11H,1-3H3,(H,19,22)(H,20,21). The van der Waals surface area contributed by atoms with Crippen LogP contribution >= 0.6 is 0 Å². The Kier molecular flexibility index (Phi) is 4.37. The average molecular weight is 325 g/mol. The van der Waals surface area contributed by atoms with E-state index in [1.807, 2.05) is 43.3 Å². The maximum atomic E-state index is 12.6. The lowest BCUT2D eigenvalue weighted by molar-refractivity contribution is 0.0936. The molecule has 0 saturated carbocycles. The summed E-state index contributed by atoms with van der Waals surface area (Å²) < 4.78 is 10.6. The quantitative estimate of drug-likeness (QED) is 0.756. The smallest absolute Gasteiger partial charge is 0.272 e. The maximum Gasteiger partial charge on any atom is 0.272 e. The third kappa shape index (κ3) is 2.90. The van der Waals surface area contributed by atoms with Crippen molar-refractivity contribution in [2.45, 2.75) is 13.0 Å². The number of nitrogens with zero attached hydrogens (tertiary/aromatic N) is 1. The first-order chi connectivity index (χ1) is 11.6. The van der Waals surface area contributed by atoms with Crippen LogP contribution in [0.4, 0.5) is 0 Å². The Labute approximate surface area is 139 Å². The highest BCUT2D eigenvalue weighted by Gasteiger charge is 2.19. The van der Waals surface area contributed by atoms with Crippen molar-refractivity contribution in [2.75, 3.05) is 14.2 Å². The van der Waals surface area contributed by atoms with Gasteiger partial charge in [-0.25, -0.2) is 0 Å². The van der Waals surface area contributed by atoms with Crippen molar-refractivity contribution in [3.05, 3.63) is 53.7 Å². The van der Waals surface area contributed by atoms with E-state index in [2.05, 4.69) is 15.5 Å². The van der Waals surface area contributed by atoms with Crippen molar-refractivity contribution < 1.29 is 14.3 Å². The van der Waals surface area contributed by atoms with Crippen LogP contribution < -0.4 is 14.8 Å². The van der Waals surface area contributed by atoms with Crippen LogP contribution in [0.1, 0.15) is 29.0 Å². The molecule has 0 aliphatic heterocycles. The lowest BCUT2D eigenvalue weighted by Crippen LogP contribution is -2.27. The molecule has 24 heavy (non-hydrogen) atoms. The molecular formula is C18H19N3O3. The molecule has 2 N–H and O–H groups in total. The Morgan fingerprint density at radius 1 is 1.17 bits per heavy atom. The number of H-pyrrole nitrogens is 1. The summed E-state index contributed by atoms with van der Waals surface area (Å²) in [4.78, 5) is 12.6. The van der Waals surface area contributed by atoms with Crippen LogP contribution in [0.5, 0.6) is 11.5 Å². The van der Waals surface area contributed by atoms with Crippen LogP contribution in [0.15, 0.2) is 42.5 Å². The van der Waals surface area contributed by atoms with E-state index in [-0.39, 0.29) is 11.9 Å². The number of methoxy groups -OCH3 is 2. The minimum atomic E-state index is -0.242. The maximum absolute atomic E-state index is 12.6. The highest BCUT2D eigenvalue weighted by molar-refractivity contribution is 6.04. The largest absolute Gasteiger partial charge is 0.497 e. The minimum Gasteiger partial charge on any atom is -0.497 e. The van der Waals surface area contributed by atoms with Gasteiger partial charge in [0.2, 0.25) is 0 Å². The van der Waals surface area contributed by atoms with E-state index in [0.717, 1.165) is 16.5 Å². The van der Waals surface area contributed by atoms with Crippen LogP contribution in [-0.4, -0.2) is 30.3 Å². The Bertz CT molecular complexity index is 873.